The van der Waals surface area contributed by atoms with Crippen LogP contribution in [0.2, 0.25) is 0 Å². The molecule has 0 saturated carbocycles. The molecule has 4 N–H and O–H groups in total. The third kappa shape index (κ3) is 3.08. The number of anilines is 2. The van der Waals surface area contributed by atoms with Gasteiger partial charge in [0, 0.05) is 4.47 Å². The minimum absolute atomic E-state index is 0.170. The zero-order chi connectivity index (χ0) is 13.1. The number of phenolic OH excluding ortho intramolecular Hbond substituents is 1. The smallest absolute Gasteiger partial charge is 0.177 e. The summed E-state index contributed by atoms with van der Waals surface area (Å²) in [5, 5.41) is 9.36. The molecular formula is C12H10Br2N2O2. The fraction of sp³-hybridized carbons (Fsp3) is 0. The highest BCUT2D eigenvalue weighted by Crippen LogP contribution is 2.28. The van der Waals surface area contributed by atoms with Crippen molar-refractivity contribution in [2.75, 3.05) is 11.2 Å². The fourth-order valence-electron chi connectivity index (χ4n) is 1.30. The van der Waals surface area contributed by atoms with Crippen LogP contribution in [0.3, 0.4) is 0 Å². The predicted molar refractivity (Wildman–Crippen MR) is 78.6 cm³/mol. The van der Waals surface area contributed by atoms with Crippen LogP contribution in [0, 0.1) is 0 Å². The Morgan fingerprint density at radius 3 is 2.56 bits per heavy atom. The summed E-state index contributed by atoms with van der Waals surface area (Å²) < 4.78 is 1.47. The van der Waals surface area contributed by atoms with Gasteiger partial charge in [-0.2, -0.15) is 0 Å². The third-order valence-electron chi connectivity index (χ3n) is 2.20. The van der Waals surface area contributed by atoms with E-state index in [9.17, 15) is 5.11 Å². The largest absolute Gasteiger partial charge is 0.507 e. The van der Waals surface area contributed by atoms with E-state index in [1.807, 2.05) is 6.07 Å². The van der Waals surface area contributed by atoms with Crippen molar-refractivity contribution in [1.82, 2.24) is 0 Å². The standard InChI is InChI=1S/C12H10Br2N2O2/c13-7-1-4-12(10(15)5-7)18-16-8-2-3-11(17)9(14)6-8/h1-6,16-17H,15H2. The molecule has 2 aromatic carbocycles. The van der Waals surface area contributed by atoms with Crippen molar-refractivity contribution in [1.29, 1.82) is 0 Å². The first kappa shape index (κ1) is 13.0. The second-order valence-corrected chi connectivity index (χ2v) is 5.32. The van der Waals surface area contributed by atoms with Gasteiger partial charge in [-0.15, -0.1) is 0 Å². The Hall–Kier alpha value is -1.40. The quantitative estimate of drug-likeness (QED) is 0.433. The molecule has 0 spiro atoms. The molecule has 0 atom stereocenters. The van der Waals surface area contributed by atoms with Gasteiger partial charge in [0.05, 0.1) is 15.8 Å². The van der Waals surface area contributed by atoms with Gasteiger partial charge in [0.25, 0.3) is 0 Å². The molecule has 0 saturated heterocycles. The fourth-order valence-corrected chi connectivity index (χ4v) is 2.05. The zero-order valence-corrected chi connectivity index (χ0v) is 12.3. The highest BCUT2D eigenvalue weighted by atomic mass is 79.9. The second-order valence-electron chi connectivity index (χ2n) is 3.55. The average molecular weight is 374 g/mol. The topological polar surface area (TPSA) is 67.5 Å². The number of hydrogen-bond donors (Lipinski definition) is 3. The van der Waals surface area contributed by atoms with Gasteiger partial charge in [0.1, 0.15) is 5.75 Å². The first-order valence-corrected chi connectivity index (χ1v) is 6.61. The Morgan fingerprint density at radius 2 is 1.89 bits per heavy atom. The Labute approximate surface area is 121 Å². The molecular weight excluding hydrogens is 364 g/mol. The van der Waals surface area contributed by atoms with Crippen LogP contribution in [0.4, 0.5) is 11.4 Å². The van der Waals surface area contributed by atoms with Crippen LogP contribution in [-0.2, 0) is 0 Å². The van der Waals surface area contributed by atoms with Crippen molar-refractivity contribution in [3.63, 3.8) is 0 Å². The summed E-state index contributed by atoms with van der Waals surface area (Å²) in [6, 6.07) is 10.3. The highest BCUT2D eigenvalue weighted by Gasteiger charge is 2.03. The molecule has 0 amide bonds. The Bertz CT molecular complexity index is 576. The summed E-state index contributed by atoms with van der Waals surface area (Å²) in [5.74, 6) is 0.700. The second kappa shape index (κ2) is 5.49. The summed E-state index contributed by atoms with van der Waals surface area (Å²) in [5.41, 5.74) is 9.77. The van der Waals surface area contributed by atoms with Crippen LogP contribution in [0.5, 0.6) is 11.5 Å². The molecule has 0 radical (unpaired) electrons. The lowest BCUT2D eigenvalue weighted by atomic mass is 10.3. The van der Waals surface area contributed by atoms with Crippen molar-refractivity contribution in [3.8, 4) is 11.5 Å². The van der Waals surface area contributed by atoms with Gasteiger partial charge in [-0.3, -0.25) is 0 Å². The number of phenols is 1. The van der Waals surface area contributed by atoms with E-state index >= 15 is 0 Å². The van der Waals surface area contributed by atoms with E-state index in [4.69, 9.17) is 10.6 Å². The molecule has 0 aliphatic rings. The monoisotopic (exact) mass is 372 g/mol. The van der Waals surface area contributed by atoms with Crippen molar-refractivity contribution in [3.05, 3.63) is 45.3 Å². The Balaban J connectivity index is 2.09. The maximum absolute atomic E-state index is 9.36. The summed E-state index contributed by atoms with van der Waals surface area (Å²) in [4.78, 5) is 5.37. The van der Waals surface area contributed by atoms with Gasteiger partial charge in [-0.1, -0.05) is 15.9 Å². The van der Waals surface area contributed by atoms with Gasteiger partial charge in [0.15, 0.2) is 5.75 Å². The van der Waals surface area contributed by atoms with Crippen LogP contribution < -0.4 is 16.1 Å². The lowest BCUT2D eigenvalue weighted by Crippen LogP contribution is -2.06. The number of halogens is 2. The molecule has 0 fully saturated rings. The number of nitrogens with one attached hydrogen (secondary N) is 1. The van der Waals surface area contributed by atoms with Gasteiger partial charge in [-0.25, -0.2) is 5.48 Å². The number of aromatic hydroxyl groups is 1. The molecule has 2 rings (SSSR count). The van der Waals surface area contributed by atoms with E-state index in [0.717, 1.165) is 4.47 Å². The number of rotatable bonds is 3. The minimum Gasteiger partial charge on any atom is -0.507 e. The first-order chi connectivity index (χ1) is 8.56. The number of hydrogen-bond acceptors (Lipinski definition) is 4. The lowest BCUT2D eigenvalue weighted by Gasteiger charge is -2.11. The lowest BCUT2D eigenvalue weighted by molar-refractivity contribution is 0.407. The van der Waals surface area contributed by atoms with E-state index in [0.29, 0.717) is 21.6 Å². The van der Waals surface area contributed by atoms with Gasteiger partial charge in [-0.05, 0) is 52.3 Å². The summed E-state index contributed by atoms with van der Waals surface area (Å²) in [6.45, 7) is 0. The highest BCUT2D eigenvalue weighted by molar-refractivity contribution is 9.10. The molecule has 0 aliphatic carbocycles. The maximum atomic E-state index is 9.36. The molecule has 0 aromatic heterocycles. The van der Waals surface area contributed by atoms with Gasteiger partial charge >= 0.3 is 0 Å². The molecule has 0 unspecified atom stereocenters. The first-order valence-electron chi connectivity index (χ1n) is 5.02. The molecule has 4 nitrogen and oxygen atoms in total. The Kier molecular flexibility index (Phi) is 3.98. The van der Waals surface area contributed by atoms with Crippen LogP contribution in [0.15, 0.2) is 45.3 Å². The van der Waals surface area contributed by atoms with Crippen LogP contribution in [0.25, 0.3) is 0 Å². The van der Waals surface area contributed by atoms with E-state index < -0.39 is 0 Å². The summed E-state index contributed by atoms with van der Waals surface area (Å²) >= 11 is 6.54. The summed E-state index contributed by atoms with van der Waals surface area (Å²) in [6.07, 6.45) is 0. The predicted octanol–water partition coefficient (Wildman–Crippen LogP) is 3.91. The Morgan fingerprint density at radius 1 is 1.11 bits per heavy atom. The van der Waals surface area contributed by atoms with E-state index in [1.165, 1.54) is 0 Å². The number of nitrogens with two attached hydrogens (primary N) is 1. The molecule has 6 heteroatoms. The number of benzene rings is 2. The normalized spacial score (nSPS) is 10.1. The van der Waals surface area contributed by atoms with Crippen LogP contribution in [0.1, 0.15) is 0 Å². The van der Waals surface area contributed by atoms with Crippen molar-refractivity contribution < 1.29 is 9.94 Å². The SMILES string of the molecule is Nc1cc(Br)ccc1ONc1ccc(O)c(Br)c1. The van der Waals surface area contributed by atoms with Crippen LogP contribution in [-0.4, -0.2) is 5.11 Å². The van der Waals surface area contributed by atoms with Crippen molar-refractivity contribution in [2.45, 2.75) is 0 Å². The van der Waals surface area contributed by atoms with Crippen molar-refractivity contribution >= 4 is 43.2 Å². The number of nitrogen functional groups attached to an aromatic ring is 1. The maximum Gasteiger partial charge on any atom is 0.177 e. The third-order valence-corrected chi connectivity index (χ3v) is 3.33. The molecule has 18 heavy (non-hydrogen) atoms. The van der Waals surface area contributed by atoms with Crippen molar-refractivity contribution in [2.24, 2.45) is 0 Å². The molecule has 0 heterocycles. The minimum atomic E-state index is 0.170. The molecule has 0 bridgehead atoms. The molecule has 0 aliphatic heterocycles. The zero-order valence-electron chi connectivity index (χ0n) is 9.15. The average Bonchev–Trinajstić information content (AvgIpc) is 2.32. The van der Waals surface area contributed by atoms with E-state index in [2.05, 4.69) is 37.3 Å². The molecule has 94 valence electrons. The van der Waals surface area contributed by atoms with E-state index in [1.54, 1.807) is 30.3 Å². The van der Waals surface area contributed by atoms with Crippen LogP contribution >= 0.6 is 31.9 Å². The van der Waals surface area contributed by atoms with E-state index in [-0.39, 0.29) is 5.75 Å². The summed E-state index contributed by atoms with van der Waals surface area (Å²) in [7, 11) is 0. The van der Waals surface area contributed by atoms with Gasteiger partial charge < -0.3 is 15.7 Å². The van der Waals surface area contributed by atoms with Gasteiger partial charge in [0.2, 0.25) is 0 Å². The molecule has 2 aromatic rings.